The van der Waals surface area contributed by atoms with Crippen LogP contribution < -0.4 is 10.1 Å². The van der Waals surface area contributed by atoms with Crippen molar-refractivity contribution < 1.29 is 29.0 Å². The van der Waals surface area contributed by atoms with E-state index in [0.717, 1.165) is 32.1 Å². The number of carbonyl (C=O) groups is 4. The van der Waals surface area contributed by atoms with E-state index in [4.69, 9.17) is 4.74 Å². The third kappa shape index (κ3) is 6.07. The number of carboxylic acid groups (broad SMARTS) is 1. The first-order chi connectivity index (χ1) is 17.9. The molecule has 0 spiro atoms. The van der Waals surface area contributed by atoms with Crippen LogP contribution in [0.15, 0.2) is 48.8 Å². The number of aliphatic carboxylic acids is 1. The van der Waals surface area contributed by atoms with E-state index in [9.17, 15) is 24.3 Å². The Kier molecular flexibility index (Phi) is 8.37. The van der Waals surface area contributed by atoms with Gasteiger partial charge in [-0.2, -0.15) is 0 Å². The van der Waals surface area contributed by atoms with E-state index in [1.165, 1.54) is 29.3 Å². The maximum atomic E-state index is 13.8. The van der Waals surface area contributed by atoms with Crippen molar-refractivity contribution in [3.05, 3.63) is 59.9 Å². The van der Waals surface area contributed by atoms with Crippen LogP contribution in [0.3, 0.4) is 0 Å². The van der Waals surface area contributed by atoms with E-state index < -0.39 is 35.9 Å². The summed E-state index contributed by atoms with van der Waals surface area (Å²) >= 11 is 0. The van der Waals surface area contributed by atoms with E-state index in [-0.39, 0.29) is 25.4 Å². The number of carboxylic acids is 1. The molecule has 2 atom stereocenters. The van der Waals surface area contributed by atoms with Crippen molar-refractivity contribution in [2.45, 2.75) is 50.7 Å². The summed E-state index contributed by atoms with van der Waals surface area (Å²) in [4.78, 5) is 59.0. The van der Waals surface area contributed by atoms with Crippen LogP contribution >= 0.6 is 0 Å². The van der Waals surface area contributed by atoms with Gasteiger partial charge < -0.3 is 25.0 Å². The van der Waals surface area contributed by atoms with Crippen LogP contribution in [-0.2, 0) is 9.59 Å². The molecule has 2 aromatic rings. The summed E-state index contributed by atoms with van der Waals surface area (Å²) in [5.41, 5.74) is 0.669. The predicted molar refractivity (Wildman–Crippen MR) is 134 cm³/mol. The summed E-state index contributed by atoms with van der Waals surface area (Å²) < 4.78 is 5.24. The highest BCUT2D eigenvalue weighted by molar-refractivity contribution is 6.02. The van der Waals surface area contributed by atoms with Gasteiger partial charge >= 0.3 is 5.97 Å². The molecule has 2 heterocycles. The molecular formula is C27H32N4O6. The second-order valence-corrected chi connectivity index (χ2v) is 9.45. The van der Waals surface area contributed by atoms with Crippen LogP contribution in [0.5, 0.6) is 5.75 Å². The van der Waals surface area contributed by atoms with Gasteiger partial charge in [-0.25, -0.2) is 0 Å². The molecule has 37 heavy (non-hydrogen) atoms. The number of rotatable bonds is 8. The number of hydrogen-bond donors (Lipinski definition) is 2. The molecule has 196 valence electrons. The highest BCUT2D eigenvalue weighted by Gasteiger charge is 2.44. The van der Waals surface area contributed by atoms with Gasteiger partial charge in [-0.3, -0.25) is 24.2 Å². The SMILES string of the molecule is COc1cccc(C(=O)N2CCN(C(=O)c3ccncc3)C2C(=O)NC(CC(=O)O)C2CCCCC2)c1. The topological polar surface area (TPSA) is 129 Å². The van der Waals surface area contributed by atoms with Gasteiger partial charge in [0.1, 0.15) is 5.75 Å². The number of hydrogen-bond acceptors (Lipinski definition) is 6. The monoisotopic (exact) mass is 508 g/mol. The van der Waals surface area contributed by atoms with Gasteiger partial charge in [-0.05, 0) is 49.1 Å². The molecule has 3 amide bonds. The highest BCUT2D eigenvalue weighted by atomic mass is 16.5. The molecular weight excluding hydrogens is 476 g/mol. The number of nitrogens with one attached hydrogen (secondary N) is 1. The Morgan fingerprint density at radius 2 is 1.65 bits per heavy atom. The zero-order valence-corrected chi connectivity index (χ0v) is 20.8. The molecule has 1 saturated heterocycles. The zero-order valence-electron chi connectivity index (χ0n) is 20.8. The van der Waals surface area contributed by atoms with Gasteiger partial charge in [0.15, 0.2) is 6.17 Å². The number of methoxy groups -OCH3 is 1. The molecule has 2 aliphatic rings. The minimum Gasteiger partial charge on any atom is -0.497 e. The predicted octanol–water partition coefficient (Wildman–Crippen LogP) is 2.55. The second-order valence-electron chi connectivity index (χ2n) is 9.45. The molecule has 2 unspecified atom stereocenters. The van der Waals surface area contributed by atoms with E-state index in [1.54, 1.807) is 36.4 Å². The summed E-state index contributed by atoms with van der Waals surface area (Å²) in [5.74, 6) is -1.87. The maximum Gasteiger partial charge on any atom is 0.305 e. The quantitative estimate of drug-likeness (QED) is 0.561. The number of aromatic nitrogens is 1. The summed E-state index contributed by atoms with van der Waals surface area (Å²) in [6.07, 6.45) is 6.24. The van der Waals surface area contributed by atoms with E-state index >= 15 is 0 Å². The molecule has 2 N–H and O–H groups in total. The van der Waals surface area contributed by atoms with Gasteiger partial charge in [0.25, 0.3) is 17.7 Å². The Morgan fingerprint density at radius 3 is 2.27 bits per heavy atom. The zero-order chi connectivity index (χ0) is 26.4. The number of benzene rings is 1. The summed E-state index contributed by atoms with van der Waals surface area (Å²) in [7, 11) is 1.50. The van der Waals surface area contributed by atoms with Crippen LogP contribution in [0, 0.1) is 5.92 Å². The first kappa shape index (κ1) is 26.1. The van der Waals surface area contributed by atoms with Crippen LogP contribution in [0.1, 0.15) is 59.2 Å². The fourth-order valence-corrected chi connectivity index (χ4v) is 5.24. The Balaban J connectivity index is 1.64. The lowest BCUT2D eigenvalue weighted by Crippen LogP contribution is -2.57. The fourth-order valence-electron chi connectivity index (χ4n) is 5.24. The first-order valence-electron chi connectivity index (χ1n) is 12.6. The molecule has 1 saturated carbocycles. The third-order valence-electron chi connectivity index (χ3n) is 7.11. The fraction of sp³-hybridized carbons (Fsp3) is 0.444. The molecule has 0 radical (unpaired) electrons. The Morgan fingerprint density at radius 1 is 1.00 bits per heavy atom. The smallest absolute Gasteiger partial charge is 0.305 e. The van der Waals surface area contributed by atoms with E-state index in [0.29, 0.717) is 16.9 Å². The largest absolute Gasteiger partial charge is 0.497 e. The molecule has 0 bridgehead atoms. The standard InChI is InChI=1S/C27H32N4O6/c1-37-21-9-5-8-20(16-21)27(36)31-15-14-30(26(35)19-10-12-28-13-11-19)25(31)24(34)29-22(17-23(32)33)18-6-3-2-4-7-18/h5,8-13,16,18,22,25H,2-4,6-7,14-15,17H2,1H3,(H,29,34)(H,32,33). The van der Waals surface area contributed by atoms with Gasteiger partial charge in [0, 0.05) is 42.7 Å². The van der Waals surface area contributed by atoms with Crippen molar-refractivity contribution in [2.75, 3.05) is 20.2 Å². The number of carbonyl (C=O) groups excluding carboxylic acids is 3. The molecule has 1 aromatic heterocycles. The van der Waals surface area contributed by atoms with Gasteiger partial charge in [-0.1, -0.05) is 25.3 Å². The average Bonchev–Trinajstić information content (AvgIpc) is 3.38. The number of pyridine rings is 1. The van der Waals surface area contributed by atoms with E-state index in [2.05, 4.69) is 10.3 Å². The van der Waals surface area contributed by atoms with Crippen LogP contribution in [0.25, 0.3) is 0 Å². The lowest BCUT2D eigenvalue weighted by molar-refractivity contribution is -0.138. The molecule has 2 fully saturated rings. The number of amides is 3. The van der Waals surface area contributed by atoms with Crippen LogP contribution in [0.2, 0.25) is 0 Å². The van der Waals surface area contributed by atoms with Crippen molar-refractivity contribution >= 4 is 23.7 Å². The molecule has 4 rings (SSSR count). The molecule has 1 aromatic carbocycles. The van der Waals surface area contributed by atoms with Crippen molar-refractivity contribution in [3.8, 4) is 5.75 Å². The lowest BCUT2D eigenvalue weighted by Gasteiger charge is -2.34. The minimum absolute atomic E-state index is 0.0297. The summed E-state index contributed by atoms with van der Waals surface area (Å²) in [6.45, 7) is 0.306. The van der Waals surface area contributed by atoms with Crippen molar-refractivity contribution in [1.29, 1.82) is 0 Å². The lowest BCUT2D eigenvalue weighted by atomic mass is 9.82. The van der Waals surface area contributed by atoms with Crippen molar-refractivity contribution in [1.82, 2.24) is 20.1 Å². The molecule has 10 heteroatoms. The Labute approximate surface area is 215 Å². The Hall–Kier alpha value is -3.95. The first-order valence-corrected chi connectivity index (χ1v) is 12.6. The molecule has 1 aliphatic carbocycles. The molecule has 1 aliphatic heterocycles. The molecule has 10 nitrogen and oxygen atoms in total. The van der Waals surface area contributed by atoms with Crippen molar-refractivity contribution in [2.24, 2.45) is 5.92 Å². The minimum atomic E-state index is -1.22. The number of nitrogens with zero attached hydrogens (tertiary/aromatic N) is 3. The average molecular weight is 509 g/mol. The van der Waals surface area contributed by atoms with E-state index in [1.807, 2.05) is 0 Å². The van der Waals surface area contributed by atoms with Gasteiger partial charge in [-0.15, -0.1) is 0 Å². The highest BCUT2D eigenvalue weighted by Crippen LogP contribution is 2.29. The third-order valence-corrected chi connectivity index (χ3v) is 7.11. The summed E-state index contributed by atoms with van der Waals surface area (Å²) in [6, 6.07) is 9.13. The summed E-state index contributed by atoms with van der Waals surface area (Å²) in [5, 5.41) is 12.4. The van der Waals surface area contributed by atoms with Crippen LogP contribution in [-0.4, -0.2) is 76.0 Å². The number of ether oxygens (including phenoxy) is 1. The van der Waals surface area contributed by atoms with Gasteiger partial charge in [0.05, 0.1) is 13.5 Å². The van der Waals surface area contributed by atoms with Crippen molar-refractivity contribution in [3.63, 3.8) is 0 Å². The second kappa shape index (κ2) is 11.9. The normalized spacial score (nSPS) is 18.8. The van der Waals surface area contributed by atoms with Gasteiger partial charge in [0.2, 0.25) is 0 Å². The Bertz CT molecular complexity index is 1130. The van der Waals surface area contributed by atoms with Crippen LogP contribution in [0.4, 0.5) is 0 Å². The maximum absolute atomic E-state index is 13.8.